The third-order valence-corrected chi connectivity index (χ3v) is 5.36. The molecule has 0 saturated carbocycles. The number of benzene rings is 1. The summed E-state index contributed by atoms with van der Waals surface area (Å²) in [5, 5.41) is 6.70. The minimum atomic E-state index is 0.497. The van der Waals surface area contributed by atoms with Crippen LogP contribution in [0.15, 0.2) is 47.6 Å². The predicted molar refractivity (Wildman–Crippen MR) is 124 cm³/mol. The van der Waals surface area contributed by atoms with Crippen molar-refractivity contribution in [2.75, 3.05) is 40.5 Å². The fraction of sp³-hybridized carbons (Fsp3) is 0.500. The van der Waals surface area contributed by atoms with Gasteiger partial charge in [-0.3, -0.25) is 9.89 Å². The van der Waals surface area contributed by atoms with Gasteiger partial charge in [0, 0.05) is 46.1 Å². The van der Waals surface area contributed by atoms with Gasteiger partial charge in [-0.2, -0.15) is 0 Å². The van der Waals surface area contributed by atoms with E-state index >= 15 is 0 Å². The zero-order valence-electron chi connectivity index (χ0n) is 18.8. The summed E-state index contributed by atoms with van der Waals surface area (Å²) in [5.74, 6) is 1.37. The summed E-state index contributed by atoms with van der Waals surface area (Å²) in [6.07, 6.45) is 5.85. The van der Waals surface area contributed by atoms with Gasteiger partial charge in [-0.1, -0.05) is 36.8 Å². The lowest BCUT2D eigenvalue weighted by atomic mass is 10.1. The van der Waals surface area contributed by atoms with Crippen LogP contribution in [-0.4, -0.2) is 56.3 Å². The number of ether oxygens (including phenoxy) is 2. The lowest BCUT2D eigenvalue weighted by Gasteiger charge is -2.26. The summed E-state index contributed by atoms with van der Waals surface area (Å²) < 4.78 is 10.5. The van der Waals surface area contributed by atoms with Crippen molar-refractivity contribution >= 4 is 5.96 Å². The molecule has 1 aromatic heterocycles. The number of hydrogen-bond acceptors (Lipinski definition) is 5. The zero-order valence-corrected chi connectivity index (χ0v) is 18.8. The third kappa shape index (κ3) is 8.19. The average molecular weight is 426 g/mol. The second-order valence-electron chi connectivity index (χ2n) is 7.78. The fourth-order valence-electron chi connectivity index (χ4n) is 3.56. The SMILES string of the molecule is CN=C(NCc1ccc(CN2CCCCC2)cc1)NCc1ccc(OCCOC)nc1. The van der Waals surface area contributed by atoms with Gasteiger partial charge in [0.25, 0.3) is 0 Å². The number of guanidine groups is 1. The molecule has 2 heterocycles. The highest BCUT2D eigenvalue weighted by molar-refractivity contribution is 5.79. The normalized spacial score (nSPS) is 15.0. The highest BCUT2D eigenvalue weighted by atomic mass is 16.5. The molecule has 1 saturated heterocycles. The standard InChI is InChI=1S/C24H35N5O2/c1-25-24(28-18-22-10-11-23(26-17-22)31-15-14-30-2)27-16-20-6-8-21(9-7-20)19-29-12-4-3-5-13-29/h6-11,17H,3-5,12-16,18-19H2,1-2H3,(H2,25,27,28). The van der Waals surface area contributed by atoms with Gasteiger partial charge in [0.1, 0.15) is 6.61 Å². The third-order valence-electron chi connectivity index (χ3n) is 5.36. The molecule has 7 heteroatoms. The smallest absolute Gasteiger partial charge is 0.213 e. The Bertz CT molecular complexity index is 787. The lowest BCUT2D eigenvalue weighted by Crippen LogP contribution is -2.36. The molecule has 1 aliphatic rings. The minimum absolute atomic E-state index is 0.497. The van der Waals surface area contributed by atoms with Crippen LogP contribution in [-0.2, 0) is 24.4 Å². The van der Waals surface area contributed by atoms with E-state index in [0.29, 0.717) is 25.6 Å². The maximum Gasteiger partial charge on any atom is 0.213 e. The largest absolute Gasteiger partial charge is 0.475 e. The quantitative estimate of drug-likeness (QED) is 0.346. The van der Waals surface area contributed by atoms with Crippen molar-refractivity contribution < 1.29 is 9.47 Å². The lowest BCUT2D eigenvalue weighted by molar-refractivity contribution is 0.143. The Morgan fingerprint density at radius 3 is 2.26 bits per heavy atom. The summed E-state index contributed by atoms with van der Waals surface area (Å²) in [6, 6.07) is 12.7. The molecule has 0 atom stereocenters. The first-order valence-corrected chi connectivity index (χ1v) is 11.1. The van der Waals surface area contributed by atoms with Gasteiger partial charge < -0.3 is 20.1 Å². The Hall–Kier alpha value is -2.64. The molecule has 31 heavy (non-hydrogen) atoms. The summed E-state index contributed by atoms with van der Waals surface area (Å²) in [5.41, 5.74) is 3.68. The maximum atomic E-state index is 5.49. The van der Waals surface area contributed by atoms with Crippen LogP contribution in [0.5, 0.6) is 5.88 Å². The number of piperidine rings is 1. The van der Waals surface area contributed by atoms with Crippen LogP contribution in [0.4, 0.5) is 0 Å². The average Bonchev–Trinajstić information content (AvgIpc) is 2.82. The molecule has 3 rings (SSSR count). The van der Waals surface area contributed by atoms with Gasteiger partial charge in [-0.25, -0.2) is 4.98 Å². The van der Waals surface area contributed by atoms with Crippen LogP contribution < -0.4 is 15.4 Å². The molecule has 0 radical (unpaired) electrons. The number of nitrogens with zero attached hydrogens (tertiary/aromatic N) is 3. The molecular weight excluding hydrogens is 390 g/mol. The second-order valence-corrected chi connectivity index (χ2v) is 7.78. The molecule has 0 bridgehead atoms. The van der Waals surface area contributed by atoms with Gasteiger partial charge in [0.15, 0.2) is 5.96 Å². The van der Waals surface area contributed by atoms with Crippen molar-refractivity contribution in [3.63, 3.8) is 0 Å². The number of rotatable bonds is 10. The van der Waals surface area contributed by atoms with E-state index in [1.165, 1.54) is 43.5 Å². The summed E-state index contributed by atoms with van der Waals surface area (Å²) in [6.45, 7) is 5.93. The van der Waals surface area contributed by atoms with E-state index in [1.807, 2.05) is 18.3 Å². The monoisotopic (exact) mass is 425 g/mol. The Kier molecular flexibility index (Phi) is 9.60. The topological polar surface area (TPSA) is 71.0 Å². The molecule has 1 aromatic carbocycles. The highest BCUT2D eigenvalue weighted by Crippen LogP contribution is 2.13. The van der Waals surface area contributed by atoms with Crippen molar-refractivity contribution in [2.24, 2.45) is 4.99 Å². The van der Waals surface area contributed by atoms with Gasteiger partial charge in [0.2, 0.25) is 5.88 Å². The second kappa shape index (κ2) is 12.9. The number of hydrogen-bond donors (Lipinski definition) is 2. The van der Waals surface area contributed by atoms with Crippen LogP contribution in [0.3, 0.4) is 0 Å². The molecule has 2 N–H and O–H groups in total. The van der Waals surface area contributed by atoms with Crippen LogP contribution in [0.2, 0.25) is 0 Å². The van der Waals surface area contributed by atoms with Gasteiger partial charge in [-0.05, 0) is 42.6 Å². The van der Waals surface area contributed by atoms with Gasteiger partial charge in [-0.15, -0.1) is 0 Å². The Morgan fingerprint density at radius 1 is 0.935 bits per heavy atom. The molecule has 0 amide bonds. The maximum absolute atomic E-state index is 5.49. The van der Waals surface area contributed by atoms with E-state index in [4.69, 9.17) is 9.47 Å². The highest BCUT2D eigenvalue weighted by Gasteiger charge is 2.10. The fourth-order valence-corrected chi connectivity index (χ4v) is 3.56. The minimum Gasteiger partial charge on any atom is -0.475 e. The first-order chi connectivity index (χ1) is 15.3. The molecule has 1 fully saturated rings. The number of pyridine rings is 1. The predicted octanol–water partition coefficient (Wildman–Crippen LogP) is 2.96. The molecule has 0 spiro atoms. The number of aliphatic imine (C=N–C) groups is 1. The molecule has 0 aliphatic carbocycles. The molecule has 1 aliphatic heterocycles. The van der Waals surface area contributed by atoms with Crippen molar-refractivity contribution in [2.45, 2.75) is 38.9 Å². The zero-order chi connectivity index (χ0) is 21.7. The Morgan fingerprint density at radius 2 is 1.61 bits per heavy atom. The van der Waals surface area contributed by atoms with Crippen LogP contribution >= 0.6 is 0 Å². The Balaban J connectivity index is 1.39. The van der Waals surface area contributed by atoms with E-state index in [2.05, 4.69) is 49.8 Å². The number of nitrogens with one attached hydrogen (secondary N) is 2. The summed E-state index contributed by atoms with van der Waals surface area (Å²) >= 11 is 0. The summed E-state index contributed by atoms with van der Waals surface area (Å²) in [4.78, 5) is 11.2. The first kappa shape index (κ1) is 23.0. The summed E-state index contributed by atoms with van der Waals surface area (Å²) in [7, 11) is 3.43. The Labute approximate surface area is 185 Å². The van der Waals surface area contributed by atoms with E-state index in [-0.39, 0.29) is 0 Å². The first-order valence-electron chi connectivity index (χ1n) is 11.1. The van der Waals surface area contributed by atoms with E-state index in [0.717, 1.165) is 24.6 Å². The van der Waals surface area contributed by atoms with Crippen LogP contribution in [0, 0.1) is 0 Å². The van der Waals surface area contributed by atoms with Crippen molar-refractivity contribution in [1.29, 1.82) is 0 Å². The van der Waals surface area contributed by atoms with E-state index < -0.39 is 0 Å². The number of methoxy groups -OCH3 is 1. The van der Waals surface area contributed by atoms with Crippen LogP contribution in [0.1, 0.15) is 36.0 Å². The molecular formula is C24H35N5O2. The van der Waals surface area contributed by atoms with E-state index in [9.17, 15) is 0 Å². The van der Waals surface area contributed by atoms with Crippen molar-refractivity contribution in [3.8, 4) is 5.88 Å². The van der Waals surface area contributed by atoms with Gasteiger partial charge >= 0.3 is 0 Å². The number of aromatic nitrogens is 1. The molecule has 0 unspecified atom stereocenters. The molecule has 7 nitrogen and oxygen atoms in total. The molecule has 168 valence electrons. The number of likely N-dealkylation sites (tertiary alicyclic amines) is 1. The van der Waals surface area contributed by atoms with Crippen molar-refractivity contribution in [1.82, 2.24) is 20.5 Å². The van der Waals surface area contributed by atoms with Crippen LogP contribution in [0.25, 0.3) is 0 Å². The van der Waals surface area contributed by atoms with E-state index in [1.54, 1.807) is 14.2 Å². The van der Waals surface area contributed by atoms with Crippen molar-refractivity contribution in [3.05, 3.63) is 59.3 Å². The molecule has 2 aromatic rings. The van der Waals surface area contributed by atoms with Gasteiger partial charge in [0.05, 0.1) is 6.61 Å².